The molecule has 13 heavy (non-hydrogen) atoms. The molecule has 0 aliphatic carbocycles. The standard InChI is InChI=1S/C12H24O/c1-6-9-13-10-8-11(7-2)12(3,4)5/h8H,6-7,9-10H2,1-5H3/b11-8-. The molecule has 0 aromatic rings. The predicted molar refractivity (Wildman–Crippen MR) is 58.9 cm³/mol. The molecule has 0 spiro atoms. The first kappa shape index (κ1) is 12.7. The molecule has 0 aliphatic heterocycles. The van der Waals surface area contributed by atoms with Gasteiger partial charge < -0.3 is 4.74 Å². The molecular formula is C12H24O. The highest BCUT2D eigenvalue weighted by Crippen LogP contribution is 2.27. The zero-order chi connectivity index (χ0) is 10.3. The van der Waals surface area contributed by atoms with Crippen LogP contribution in [0.3, 0.4) is 0 Å². The van der Waals surface area contributed by atoms with Crippen LogP contribution in [0.15, 0.2) is 11.6 Å². The van der Waals surface area contributed by atoms with Crippen LogP contribution in [-0.2, 0) is 4.74 Å². The SMILES string of the molecule is CCCOC/C=C(/CC)C(C)(C)C. The first-order valence-electron chi connectivity index (χ1n) is 5.29. The Balaban J connectivity index is 3.94. The quantitative estimate of drug-likeness (QED) is 0.466. The first-order valence-corrected chi connectivity index (χ1v) is 5.29. The normalized spacial score (nSPS) is 13.5. The van der Waals surface area contributed by atoms with Gasteiger partial charge in [0.05, 0.1) is 6.61 Å². The fourth-order valence-electron chi connectivity index (χ4n) is 1.37. The average molecular weight is 184 g/mol. The highest BCUT2D eigenvalue weighted by atomic mass is 16.5. The molecule has 0 N–H and O–H groups in total. The molecular weight excluding hydrogens is 160 g/mol. The van der Waals surface area contributed by atoms with Gasteiger partial charge in [0, 0.05) is 6.61 Å². The Morgan fingerprint density at radius 1 is 1.23 bits per heavy atom. The Morgan fingerprint density at radius 2 is 1.85 bits per heavy atom. The van der Waals surface area contributed by atoms with E-state index in [1.54, 1.807) is 0 Å². The average Bonchev–Trinajstić information content (AvgIpc) is 2.02. The molecule has 0 aromatic heterocycles. The molecule has 0 unspecified atom stereocenters. The topological polar surface area (TPSA) is 9.23 Å². The fraction of sp³-hybridized carbons (Fsp3) is 0.833. The molecule has 0 heterocycles. The molecule has 0 atom stereocenters. The minimum Gasteiger partial charge on any atom is -0.377 e. The summed E-state index contributed by atoms with van der Waals surface area (Å²) in [5.41, 5.74) is 1.79. The largest absolute Gasteiger partial charge is 0.377 e. The minimum absolute atomic E-state index is 0.296. The van der Waals surface area contributed by atoms with E-state index >= 15 is 0 Å². The van der Waals surface area contributed by atoms with Crippen molar-refractivity contribution in [2.24, 2.45) is 5.41 Å². The lowest BCUT2D eigenvalue weighted by molar-refractivity contribution is 0.161. The number of rotatable bonds is 5. The van der Waals surface area contributed by atoms with Crippen molar-refractivity contribution in [3.05, 3.63) is 11.6 Å². The minimum atomic E-state index is 0.296. The van der Waals surface area contributed by atoms with Crippen molar-refractivity contribution in [1.29, 1.82) is 0 Å². The molecule has 0 radical (unpaired) electrons. The maximum absolute atomic E-state index is 5.43. The second-order valence-corrected chi connectivity index (χ2v) is 4.41. The Hall–Kier alpha value is -0.300. The van der Waals surface area contributed by atoms with Crippen LogP contribution in [0.1, 0.15) is 47.5 Å². The van der Waals surface area contributed by atoms with Gasteiger partial charge in [0.25, 0.3) is 0 Å². The third kappa shape index (κ3) is 5.87. The van der Waals surface area contributed by atoms with Crippen LogP contribution in [0.2, 0.25) is 0 Å². The van der Waals surface area contributed by atoms with E-state index in [1.165, 1.54) is 5.57 Å². The van der Waals surface area contributed by atoms with Gasteiger partial charge in [-0.05, 0) is 18.3 Å². The molecule has 0 aromatic carbocycles. The van der Waals surface area contributed by atoms with E-state index in [4.69, 9.17) is 4.74 Å². The fourth-order valence-corrected chi connectivity index (χ4v) is 1.37. The van der Waals surface area contributed by atoms with Crippen molar-refractivity contribution in [2.75, 3.05) is 13.2 Å². The molecule has 0 saturated carbocycles. The van der Waals surface area contributed by atoms with Crippen molar-refractivity contribution in [1.82, 2.24) is 0 Å². The summed E-state index contributed by atoms with van der Waals surface area (Å²) in [6.07, 6.45) is 4.46. The molecule has 0 rings (SSSR count). The monoisotopic (exact) mass is 184 g/mol. The molecule has 0 fully saturated rings. The summed E-state index contributed by atoms with van der Waals surface area (Å²) in [5, 5.41) is 0. The molecule has 0 saturated heterocycles. The van der Waals surface area contributed by atoms with Crippen LogP contribution >= 0.6 is 0 Å². The Labute approximate surface area is 83.2 Å². The molecule has 0 bridgehead atoms. The van der Waals surface area contributed by atoms with Crippen LogP contribution in [0.25, 0.3) is 0 Å². The summed E-state index contributed by atoms with van der Waals surface area (Å²) in [5.74, 6) is 0. The van der Waals surface area contributed by atoms with Crippen LogP contribution < -0.4 is 0 Å². The van der Waals surface area contributed by atoms with Gasteiger partial charge >= 0.3 is 0 Å². The van der Waals surface area contributed by atoms with Crippen molar-refractivity contribution < 1.29 is 4.74 Å². The van der Waals surface area contributed by atoms with Gasteiger partial charge in [-0.25, -0.2) is 0 Å². The third-order valence-corrected chi connectivity index (χ3v) is 2.14. The van der Waals surface area contributed by atoms with E-state index in [1.807, 2.05) is 0 Å². The van der Waals surface area contributed by atoms with E-state index in [9.17, 15) is 0 Å². The lowest BCUT2D eigenvalue weighted by Gasteiger charge is -2.22. The Bertz CT molecular complexity index is 151. The molecule has 0 amide bonds. The van der Waals surface area contributed by atoms with Crippen molar-refractivity contribution in [3.8, 4) is 0 Å². The van der Waals surface area contributed by atoms with Crippen LogP contribution in [0, 0.1) is 5.41 Å². The van der Waals surface area contributed by atoms with Crippen LogP contribution in [0.5, 0.6) is 0 Å². The highest BCUT2D eigenvalue weighted by Gasteiger charge is 2.14. The second kappa shape index (κ2) is 6.20. The summed E-state index contributed by atoms with van der Waals surface area (Å²) < 4.78 is 5.43. The maximum Gasteiger partial charge on any atom is 0.0650 e. The summed E-state index contributed by atoms with van der Waals surface area (Å²) in [4.78, 5) is 0. The lowest BCUT2D eigenvalue weighted by Crippen LogP contribution is -2.09. The van der Waals surface area contributed by atoms with Gasteiger partial charge in [0.15, 0.2) is 0 Å². The predicted octanol–water partition coefficient (Wildman–Crippen LogP) is 3.80. The van der Waals surface area contributed by atoms with Crippen LogP contribution in [-0.4, -0.2) is 13.2 Å². The zero-order valence-electron chi connectivity index (χ0n) is 9.81. The summed E-state index contributed by atoms with van der Waals surface area (Å²) in [6, 6.07) is 0. The molecule has 1 nitrogen and oxygen atoms in total. The van der Waals surface area contributed by atoms with Gasteiger partial charge in [-0.3, -0.25) is 0 Å². The van der Waals surface area contributed by atoms with Gasteiger partial charge in [0.2, 0.25) is 0 Å². The Morgan fingerprint density at radius 3 is 2.23 bits per heavy atom. The zero-order valence-corrected chi connectivity index (χ0v) is 9.81. The van der Waals surface area contributed by atoms with Gasteiger partial charge in [-0.1, -0.05) is 46.3 Å². The molecule has 0 aliphatic rings. The number of hydrogen-bond donors (Lipinski definition) is 0. The van der Waals surface area contributed by atoms with Gasteiger partial charge in [-0.2, -0.15) is 0 Å². The van der Waals surface area contributed by atoms with E-state index < -0.39 is 0 Å². The first-order chi connectivity index (χ1) is 6.02. The summed E-state index contributed by atoms with van der Waals surface area (Å²) in [6.45, 7) is 12.7. The summed E-state index contributed by atoms with van der Waals surface area (Å²) >= 11 is 0. The number of hydrogen-bond acceptors (Lipinski definition) is 1. The smallest absolute Gasteiger partial charge is 0.0650 e. The summed E-state index contributed by atoms with van der Waals surface area (Å²) in [7, 11) is 0. The highest BCUT2D eigenvalue weighted by molar-refractivity contribution is 5.10. The molecule has 78 valence electrons. The van der Waals surface area contributed by atoms with Gasteiger partial charge in [-0.15, -0.1) is 0 Å². The Kier molecular flexibility index (Phi) is 6.06. The number of allylic oxidation sites excluding steroid dienone is 1. The maximum atomic E-state index is 5.43. The van der Waals surface area contributed by atoms with Gasteiger partial charge in [0.1, 0.15) is 0 Å². The van der Waals surface area contributed by atoms with E-state index in [0.29, 0.717) is 5.41 Å². The van der Waals surface area contributed by atoms with E-state index in [2.05, 4.69) is 40.7 Å². The van der Waals surface area contributed by atoms with Crippen molar-refractivity contribution in [3.63, 3.8) is 0 Å². The van der Waals surface area contributed by atoms with E-state index in [-0.39, 0.29) is 0 Å². The van der Waals surface area contributed by atoms with E-state index in [0.717, 1.165) is 26.1 Å². The second-order valence-electron chi connectivity index (χ2n) is 4.41. The van der Waals surface area contributed by atoms with Crippen LogP contribution in [0.4, 0.5) is 0 Å². The van der Waals surface area contributed by atoms with Crippen molar-refractivity contribution >= 4 is 0 Å². The van der Waals surface area contributed by atoms with Crippen molar-refractivity contribution in [2.45, 2.75) is 47.5 Å². The number of ether oxygens (including phenoxy) is 1. The lowest BCUT2D eigenvalue weighted by atomic mass is 9.85. The molecule has 1 heteroatoms. The third-order valence-electron chi connectivity index (χ3n) is 2.14.